The van der Waals surface area contributed by atoms with Crippen LogP contribution in [-0.4, -0.2) is 0 Å². The van der Waals surface area contributed by atoms with Crippen molar-refractivity contribution in [1.29, 1.82) is 0 Å². The highest BCUT2D eigenvalue weighted by Gasteiger charge is 2.30. The van der Waals surface area contributed by atoms with Gasteiger partial charge in [0.1, 0.15) is 0 Å². The molecular weight excluding hydrogens is 251 g/mol. The molecule has 0 aliphatic heterocycles. The molecule has 19 heavy (non-hydrogen) atoms. The Hall–Kier alpha value is -1.97. The molecule has 0 saturated carbocycles. The van der Waals surface area contributed by atoms with E-state index in [2.05, 4.69) is 5.32 Å². The van der Waals surface area contributed by atoms with Crippen molar-refractivity contribution in [2.75, 3.05) is 5.32 Å². The Morgan fingerprint density at radius 2 is 1.47 bits per heavy atom. The Morgan fingerprint density at radius 1 is 0.895 bits per heavy atom. The number of hydrogen-bond donors (Lipinski definition) is 1. The van der Waals surface area contributed by atoms with Gasteiger partial charge in [0, 0.05) is 11.7 Å². The summed E-state index contributed by atoms with van der Waals surface area (Å²) in [7, 11) is 0. The number of para-hydroxylation sites is 1. The smallest absolute Gasteiger partial charge is 0.379 e. The fourth-order valence-corrected chi connectivity index (χ4v) is 1.83. The van der Waals surface area contributed by atoms with E-state index in [0.29, 0.717) is 0 Å². The highest BCUT2D eigenvalue weighted by atomic mass is 19.4. The zero-order valence-electron chi connectivity index (χ0n) is 10.4. The molecule has 0 aliphatic rings. The molecule has 0 bridgehead atoms. The minimum Gasteiger partial charge on any atom is -0.379 e. The van der Waals surface area contributed by atoms with Gasteiger partial charge in [0.05, 0.1) is 5.56 Å². The second-order valence-electron chi connectivity index (χ2n) is 4.35. The van der Waals surface area contributed by atoms with Crippen molar-refractivity contribution in [2.45, 2.75) is 19.1 Å². The second kappa shape index (κ2) is 5.34. The Bertz CT molecular complexity index is 517. The van der Waals surface area contributed by atoms with Gasteiger partial charge in [-0.05, 0) is 36.8 Å². The molecule has 1 atom stereocenters. The molecule has 0 heterocycles. The van der Waals surface area contributed by atoms with Crippen LogP contribution in [0.1, 0.15) is 24.1 Å². The summed E-state index contributed by atoms with van der Waals surface area (Å²) in [6.45, 7) is 1.91. The maximum atomic E-state index is 12.5. The maximum Gasteiger partial charge on any atom is 0.416 e. The van der Waals surface area contributed by atoms with Crippen LogP contribution in [-0.2, 0) is 6.18 Å². The SMILES string of the molecule is CC(Nc1ccccc1)c1ccc(C(F)(F)F)cc1. The normalized spacial score (nSPS) is 13.1. The van der Waals surface area contributed by atoms with Gasteiger partial charge in [-0.15, -0.1) is 0 Å². The van der Waals surface area contributed by atoms with Crippen molar-refractivity contribution in [3.63, 3.8) is 0 Å². The average molecular weight is 265 g/mol. The first kappa shape index (κ1) is 13.5. The Balaban J connectivity index is 2.10. The highest BCUT2D eigenvalue weighted by Crippen LogP contribution is 2.30. The van der Waals surface area contributed by atoms with Gasteiger partial charge in [0.15, 0.2) is 0 Å². The van der Waals surface area contributed by atoms with E-state index in [1.54, 1.807) is 0 Å². The summed E-state index contributed by atoms with van der Waals surface area (Å²) in [5.74, 6) is 0. The molecule has 0 amide bonds. The molecular formula is C15H14F3N. The van der Waals surface area contributed by atoms with Crippen LogP contribution in [0, 0.1) is 0 Å². The van der Waals surface area contributed by atoms with Gasteiger partial charge in [-0.25, -0.2) is 0 Å². The number of alkyl halides is 3. The summed E-state index contributed by atoms with van der Waals surface area (Å²) in [6, 6.07) is 14.7. The summed E-state index contributed by atoms with van der Waals surface area (Å²) < 4.78 is 37.4. The largest absolute Gasteiger partial charge is 0.416 e. The van der Waals surface area contributed by atoms with Crippen molar-refractivity contribution >= 4 is 5.69 Å². The fraction of sp³-hybridized carbons (Fsp3) is 0.200. The molecule has 2 aromatic carbocycles. The van der Waals surface area contributed by atoms with Crippen molar-refractivity contribution in [1.82, 2.24) is 0 Å². The lowest BCUT2D eigenvalue weighted by atomic mass is 10.1. The molecule has 2 rings (SSSR count). The summed E-state index contributed by atoms with van der Waals surface area (Å²) >= 11 is 0. The number of nitrogens with one attached hydrogen (secondary N) is 1. The second-order valence-corrected chi connectivity index (χ2v) is 4.35. The van der Waals surface area contributed by atoms with E-state index in [0.717, 1.165) is 23.4 Å². The van der Waals surface area contributed by atoms with Crippen LogP contribution in [0.25, 0.3) is 0 Å². The number of halogens is 3. The highest BCUT2D eigenvalue weighted by molar-refractivity contribution is 5.45. The standard InChI is InChI=1S/C15H14F3N/c1-11(19-14-5-3-2-4-6-14)12-7-9-13(10-8-12)15(16,17)18/h2-11,19H,1H3. The summed E-state index contributed by atoms with van der Waals surface area (Å²) in [5.41, 5.74) is 1.13. The molecule has 4 heteroatoms. The summed E-state index contributed by atoms with van der Waals surface area (Å²) in [6.07, 6.45) is -4.28. The molecule has 100 valence electrons. The van der Waals surface area contributed by atoms with Gasteiger partial charge in [0.25, 0.3) is 0 Å². The topological polar surface area (TPSA) is 12.0 Å². The predicted molar refractivity (Wildman–Crippen MR) is 69.9 cm³/mol. The van der Waals surface area contributed by atoms with Crippen molar-refractivity contribution < 1.29 is 13.2 Å². The first-order valence-corrected chi connectivity index (χ1v) is 5.95. The molecule has 0 saturated heterocycles. The van der Waals surface area contributed by atoms with Gasteiger partial charge in [0.2, 0.25) is 0 Å². The lowest BCUT2D eigenvalue weighted by molar-refractivity contribution is -0.137. The van der Waals surface area contributed by atoms with E-state index in [1.165, 1.54) is 12.1 Å². The monoisotopic (exact) mass is 265 g/mol. The maximum absolute atomic E-state index is 12.5. The minimum atomic E-state index is -4.28. The molecule has 0 aliphatic carbocycles. The first-order chi connectivity index (χ1) is 8.97. The quantitative estimate of drug-likeness (QED) is 0.834. The first-order valence-electron chi connectivity index (χ1n) is 5.95. The number of benzene rings is 2. The fourth-order valence-electron chi connectivity index (χ4n) is 1.83. The van der Waals surface area contributed by atoms with Gasteiger partial charge >= 0.3 is 6.18 Å². The zero-order chi connectivity index (χ0) is 13.9. The third-order valence-corrected chi connectivity index (χ3v) is 2.89. The minimum absolute atomic E-state index is 0.0512. The van der Waals surface area contributed by atoms with E-state index in [1.807, 2.05) is 37.3 Å². The molecule has 0 fully saturated rings. The molecule has 2 aromatic rings. The van der Waals surface area contributed by atoms with Crippen LogP contribution in [0.3, 0.4) is 0 Å². The van der Waals surface area contributed by atoms with Crippen molar-refractivity contribution in [3.8, 4) is 0 Å². The van der Waals surface area contributed by atoms with Gasteiger partial charge in [-0.3, -0.25) is 0 Å². The molecule has 1 nitrogen and oxygen atoms in total. The molecule has 0 radical (unpaired) electrons. The number of hydrogen-bond acceptors (Lipinski definition) is 1. The van der Waals surface area contributed by atoms with E-state index < -0.39 is 11.7 Å². The Labute approximate surface area is 110 Å². The van der Waals surface area contributed by atoms with Crippen LogP contribution in [0.4, 0.5) is 18.9 Å². The van der Waals surface area contributed by atoms with E-state index in [4.69, 9.17) is 0 Å². The number of rotatable bonds is 3. The van der Waals surface area contributed by atoms with Crippen LogP contribution in [0.5, 0.6) is 0 Å². The van der Waals surface area contributed by atoms with Crippen LogP contribution in [0.2, 0.25) is 0 Å². The Morgan fingerprint density at radius 3 is 2.00 bits per heavy atom. The summed E-state index contributed by atoms with van der Waals surface area (Å²) in [4.78, 5) is 0. The number of anilines is 1. The van der Waals surface area contributed by atoms with E-state index >= 15 is 0 Å². The lowest BCUT2D eigenvalue weighted by Crippen LogP contribution is -2.08. The third kappa shape index (κ3) is 3.50. The lowest BCUT2D eigenvalue weighted by Gasteiger charge is -2.16. The van der Waals surface area contributed by atoms with E-state index in [-0.39, 0.29) is 6.04 Å². The molecule has 0 aromatic heterocycles. The third-order valence-electron chi connectivity index (χ3n) is 2.89. The Kier molecular flexibility index (Phi) is 3.79. The van der Waals surface area contributed by atoms with Gasteiger partial charge in [-0.1, -0.05) is 30.3 Å². The molecule has 0 spiro atoms. The predicted octanol–water partition coefficient (Wildman–Crippen LogP) is 4.88. The van der Waals surface area contributed by atoms with Crippen molar-refractivity contribution in [3.05, 3.63) is 65.7 Å². The van der Waals surface area contributed by atoms with Gasteiger partial charge < -0.3 is 5.32 Å². The van der Waals surface area contributed by atoms with Crippen molar-refractivity contribution in [2.24, 2.45) is 0 Å². The molecule has 1 N–H and O–H groups in total. The van der Waals surface area contributed by atoms with Crippen LogP contribution >= 0.6 is 0 Å². The van der Waals surface area contributed by atoms with Gasteiger partial charge in [-0.2, -0.15) is 13.2 Å². The van der Waals surface area contributed by atoms with Crippen LogP contribution in [0.15, 0.2) is 54.6 Å². The summed E-state index contributed by atoms with van der Waals surface area (Å²) in [5, 5.41) is 3.24. The van der Waals surface area contributed by atoms with E-state index in [9.17, 15) is 13.2 Å². The average Bonchev–Trinajstić information content (AvgIpc) is 2.39. The molecule has 1 unspecified atom stereocenters. The zero-order valence-corrected chi connectivity index (χ0v) is 10.4. The van der Waals surface area contributed by atoms with Crippen LogP contribution < -0.4 is 5.32 Å².